The standard InChI is InChI=1S/C25H21N3O7/c1-33-19-11-3-15(4-12-19)22-21-23(35-27(22)17-9-13-20(34-2)14-10-17)25(30)26(24(21)29)16-5-7-18(8-6-16)28(31)32/h3-14,21-23H,1-2H3. The van der Waals surface area contributed by atoms with Crippen molar-refractivity contribution in [2.24, 2.45) is 5.92 Å². The first kappa shape index (κ1) is 22.4. The van der Waals surface area contributed by atoms with Gasteiger partial charge in [0.05, 0.1) is 36.6 Å². The number of nitro groups is 1. The van der Waals surface area contributed by atoms with Crippen LogP contribution < -0.4 is 19.4 Å². The van der Waals surface area contributed by atoms with Crippen molar-refractivity contribution in [1.29, 1.82) is 0 Å². The molecule has 0 saturated carbocycles. The molecule has 2 aliphatic heterocycles. The molecule has 0 N–H and O–H groups in total. The van der Waals surface area contributed by atoms with E-state index in [0.29, 0.717) is 17.2 Å². The van der Waals surface area contributed by atoms with Crippen molar-refractivity contribution in [2.45, 2.75) is 12.1 Å². The summed E-state index contributed by atoms with van der Waals surface area (Å²) in [4.78, 5) is 44.6. The van der Waals surface area contributed by atoms with E-state index in [9.17, 15) is 19.7 Å². The number of non-ortho nitro benzene ring substituents is 1. The van der Waals surface area contributed by atoms with E-state index in [2.05, 4.69) is 0 Å². The lowest BCUT2D eigenvalue weighted by Gasteiger charge is -2.29. The van der Waals surface area contributed by atoms with Gasteiger partial charge in [0.1, 0.15) is 17.4 Å². The average Bonchev–Trinajstić information content (AvgIpc) is 3.40. The number of imide groups is 1. The van der Waals surface area contributed by atoms with Gasteiger partial charge in [-0.05, 0) is 54.1 Å². The van der Waals surface area contributed by atoms with E-state index in [1.165, 1.54) is 24.3 Å². The Hall–Kier alpha value is -4.44. The first-order chi connectivity index (χ1) is 16.9. The summed E-state index contributed by atoms with van der Waals surface area (Å²) in [7, 11) is 3.13. The van der Waals surface area contributed by atoms with Crippen LogP contribution in [0.2, 0.25) is 0 Å². The van der Waals surface area contributed by atoms with Crippen LogP contribution in [0.4, 0.5) is 17.1 Å². The van der Waals surface area contributed by atoms with Crippen molar-refractivity contribution < 1.29 is 28.8 Å². The molecule has 0 aromatic heterocycles. The van der Waals surface area contributed by atoms with Gasteiger partial charge in [0.25, 0.3) is 11.6 Å². The summed E-state index contributed by atoms with van der Waals surface area (Å²) < 4.78 is 10.5. The summed E-state index contributed by atoms with van der Waals surface area (Å²) in [5.74, 6) is -0.477. The Balaban J connectivity index is 1.54. The highest BCUT2D eigenvalue weighted by Gasteiger charge is 2.60. The number of fused-ring (bicyclic) bond motifs is 1. The number of ether oxygens (including phenoxy) is 2. The second-order valence-electron chi connectivity index (χ2n) is 8.08. The minimum absolute atomic E-state index is 0.133. The molecule has 3 aromatic rings. The third-order valence-electron chi connectivity index (χ3n) is 6.22. The number of carbonyl (C=O) groups is 2. The predicted molar refractivity (Wildman–Crippen MR) is 125 cm³/mol. The number of nitro benzene ring substituents is 1. The second-order valence-corrected chi connectivity index (χ2v) is 8.08. The number of rotatable bonds is 6. The van der Waals surface area contributed by atoms with E-state index in [4.69, 9.17) is 14.3 Å². The van der Waals surface area contributed by atoms with Crippen LogP contribution in [0.1, 0.15) is 11.6 Å². The molecule has 3 aromatic carbocycles. The maximum absolute atomic E-state index is 13.6. The van der Waals surface area contributed by atoms with E-state index in [0.717, 1.165) is 10.5 Å². The van der Waals surface area contributed by atoms with E-state index < -0.39 is 34.8 Å². The molecule has 2 fully saturated rings. The lowest BCUT2D eigenvalue weighted by Crippen LogP contribution is -2.37. The van der Waals surface area contributed by atoms with E-state index in [-0.39, 0.29) is 11.4 Å². The van der Waals surface area contributed by atoms with Crippen molar-refractivity contribution in [2.75, 3.05) is 24.2 Å². The van der Waals surface area contributed by atoms with Gasteiger partial charge in [-0.3, -0.25) is 24.5 Å². The van der Waals surface area contributed by atoms with Crippen LogP contribution in [0.15, 0.2) is 72.8 Å². The number of hydroxylamine groups is 1. The third-order valence-corrected chi connectivity index (χ3v) is 6.22. The first-order valence-corrected chi connectivity index (χ1v) is 10.8. The van der Waals surface area contributed by atoms with Crippen LogP contribution in [-0.2, 0) is 14.4 Å². The quantitative estimate of drug-likeness (QED) is 0.302. The molecule has 0 spiro atoms. The average molecular weight is 475 g/mol. The monoisotopic (exact) mass is 475 g/mol. The SMILES string of the molecule is COc1ccc(C2C3C(=O)N(c4ccc([N+](=O)[O-])cc4)C(=O)C3ON2c2ccc(OC)cc2)cc1. The highest BCUT2D eigenvalue weighted by atomic mass is 16.7. The van der Waals surface area contributed by atoms with E-state index >= 15 is 0 Å². The van der Waals surface area contributed by atoms with Gasteiger partial charge in [-0.25, -0.2) is 9.96 Å². The number of anilines is 2. The predicted octanol–water partition coefficient (Wildman–Crippen LogP) is 3.66. The van der Waals surface area contributed by atoms with E-state index in [1.807, 2.05) is 12.1 Å². The smallest absolute Gasteiger partial charge is 0.269 e. The van der Waals surface area contributed by atoms with Crippen molar-refractivity contribution in [3.8, 4) is 11.5 Å². The summed E-state index contributed by atoms with van der Waals surface area (Å²) in [6.45, 7) is 0. The summed E-state index contributed by atoms with van der Waals surface area (Å²) in [6, 6.07) is 19.0. The Morgan fingerprint density at radius 3 is 1.89 bits per heavy atom. The molecule has 178 valence electrons. The van der Waals surface area contributed by atoms with Gasteiger partial charge < -0.3 is 9.47 Å². The zero-order valence-electron chi connectivity index (χ0n) is 18.9. The van der Waals surface area contributed by atoms with Gasteiger partial charge in [0.2, 0.25) is 5.91 Å². The zero-order chi connectivity index (χ0) is 24.7. The molecule has 2 aliphatic rings. The Labute approximate surface area is 200 Å². The van der Waals surface area contributed by atoms with E-state index in [1.54, 1.807) is 55.7 Å². The third kappa shape index (κ3) is 3.73. The maximum Gasteiger partial charge on any atom is 0.269 e. The molecule has 10 nitrogen and oxygen atoms in total. The zero-order valence-corrected chi connectivity index (χ0v) is 18.9. The Morgan fingerprint density at radius 2 is 1.34 bits per heavy atom. The minimum Gasteiger partial charge on any atom is -0.497 e. The molecule has 2 amide bonds. The molecule has 0 radical (unpaired) electrons. The van der Waals surface area contributed by atoms with Gasteiger partial charge in [-0.1, -0.05) is 12.1 Å². The van der Waals surface area contributed by atoms with Crippen molar-refractivity contribution in [3.63, 3.8) is 0 Å². The Morgan fingerprint density at radius 1 is 0.800 bits per heavy atom. The Bertz CT molecular complexity index is 1280. The molecule has 3 atom stereocenters. The lowest BCUT2D eigenvalue weighted by atomic mass is 9.90. The van der Waals surface area contributed by atoms with Crippen LogP contribution in [0, 0.1) is 16.0 Å². The molecule has 2 heterocycles. The molecule has 35 heavy (non-hydrogen) atoms. The van der Waals surface area contributed by atoms with Gasteiger partial charge in [-0.15, -0.1) is 0 Å². The van der Waals surface area contributed by atoms with Gasteiger partial charge >= 0.3 is 0 Å². The summed E-state index contributed by atoms with van der Waals surface area (Å²) >= 11 is 0. The normalized spacial score (nSPS) is 21.3. The van der Waals surface area contributed by atoms with Crippen molar-refractivity contribution >= 4 is 28.9 Å². The summed E-state index contributed by atoms with van der Waals surface area (Å²) in [6.07, 6.45) is -1.05. The number of methoxy groups -OCH3 is 2. The fourth-order valence-electron chi connectivity index (χ4n) is 4.49. The molecule has 2 saturated heterocycles. The minimum atomic E-state index is -1.05. The van der Waals surface area contributed by atoms with Crippen LogP contribution in [0.5, 0.6) is 11.5 Å². The van der Waals surface area contributed by atoms with Gasteiger partial charge in [0, 0.05) is 12.1 Å². The molecular weight excluding hydrogens is 454 g/mol. The van der Waals surface area contributed by atoms with Crippen LogP contribution in [0.3, 0.4) is 0 Å². The number of amides is 2. The maximum atomic E-state index is 13.6. The summed E-state index contributed by atoms with van der Waals surface area (Å²) in [5, 5.41) is 12.6. The van der Waals surface area contributed by atoms with Gasteiger partial charge in [-0.2, -0.15) is 0 Å². The fraction of sp³-hybridized carbons (Fsp3) is 0.200. The summed E-state index contributed by atoms with van der Waals surface area (Å²) in [5.41, 5.74) is 1.54. The number of benzene rings is 3. The van der Waals surface area contributed by atoms with Crippen LogP contribution >= 0.6 is 0 Å². The number of nitrogens with zero attached hydrogens (tertiary/aromatic N) is 3. The van der Waals surface area contributed by atoms with Crippen LogP contribution in [-0.4, -0.2) is 37.1 Å². The fourth-order valence-corrected chi connectivity index (χ4v) is 4.49. The number of hydrogen-bond donors (Lipinski definition) is 0. The molecule has 3 unspecified atom stereocenters. The highest BCUT2D eigenvalue weighted by Crippen LogP contribution is 2.48. The lowest BCUT2D eigenvalue weighted by molar-refractivity contribution is -0.384. The largest absolute Gasteiger partial charge is 0.497 e. The van der Waals surface area contributed by atoms with Crippen LogP contribution in [0.25, 0.3) is 0 Å². The molecule has 0 bridgehead atoms. The van der Waals surface area contributed by atoms with Crippen molar-refractivity contribution in [1.82, 2.24) is 0 Å². The Kier molecular flexibility index (Phi) is 5.58. The molecule has 5 rings (SSSR count). The number of hydrogen-bond acceptors (Lipinski definition) is 8. The molecular formula is C25H21N3O7. The van der Waals surface area contributed by atoms with Gasteiger partial charge in [0.15, 0.2) is 6.10 Å². The highest BCUT2D eigenvalue weighted by molar-refractivity contribution is 6.24. The molecule has 0 aliphatic carbocycles. The molecule has 10 heteroatoms. The number of carbonyl (C=O) groups excluding carboxylic acids is 2. The second kappa shape index (κ2) is 8.73. The topological polar surface area (TPSA) is 111 Å². The first-order valence-electron chi connectivity index (χ1n) is 10.8. The van der Waals surface area contributed by atoms with Crippen molar-refractivity contribution in [3.05, 3.63) is 88.5 Å².